The van der Waals surface area contributed by atoms with E-state index < -0.39 is 5.97 Å². The van der Waals surface area contributed by atoms with Crippen molar-refractivity contribution in [2.45, 2.75) is 174 Å². The van der Waals surface area contributed by atoms with Gasteiger partial charge in [0.2, 0.25) is 0 Å². The maximum Gasteiger partial charge on any atom is 0.344 e. The van der Waals surface area contributed by atoms with E-state index in [-0.39, 0.29) is 12.6 Å². The summed E-state index contributed by atoms with van der Waals surface area (Å²) >= 11 is 0. The number of hydrogen-bond donors (Lipinski definition) is 0. The molecule has 0 amide bonds. The molecule has 0 N–H and O–H groups in total. The molecule has 0 aromatic rings. The van der Waals surface area contributed by atoms with Gasteiger partial charge in [-0.3, -0.25) is 9.59 Å². The van der Waals surface area contributed by atoms with Crippen LogP contribution in [-0.4, -0.2) is 30.9 Å². The third-order valence-electron chi connectivity index (χ3n) is 12.3. The minimum absolute atomic E-state index is 0.258. The summed E-state index contributed by atoms with van der Waals surface area (Å²) in [5, 5.41) is 0. The van der Waals surface area contributed by atoms with Crippen molar-refractivity contribution >= 4 is 17.7 Å². The zero-order valence-corrected chi connectivity index (χ0v) is 29.1. The third-order valence-corrected chi connectivity index (χ3v) is 12.3. The van der Waals surface area contributed by atoms with E-state index in [1.807, 2.05) is 6.08 Å². The first-order valence-corrected chi connectivity index (χ1v) is 19.4. The summed E-state index contributed by atoms with van der Waals surface area (Å²) in [5.41, 5.74) is 1.86. The van der Waals surface area contributed by atoms with Gasteiger partial charge in [0.25, 0.3) is 0 Å². The maximum absolute atomic E-state index is 12.3. The van der Waals surface area contributed by atoms with Crippen molar-refractivity contribution in [3.8, 4) is 0 Å². The van der Waals surface area contributed by atoms with Gasteiger partial charge < -0.3 is 9.47 Å². The van der Waals surface area contributed by atoms with Crippen LogP contribution >= 0.6 is 0 Å². The lowest BCUT2D eigenvalue weighted by atomic mass is 9.52. The summed E-state index contributed by atoms with van der Waals surface area (Å²) in [6, 6.07) is 0. The number of carbonyl (C=O) groups excluding carboxylic acids is 3. The normalized spacial score (nSPS) is 29.0. The topological polar surface area (TPSA) is 69.7 Å². The van der Waals surface area contributed by atoms with Crippen LogP contribution in [0.1, 0.15) is 174 Å². The Bertz CT molecular complexity index is 954. The van der Waals surface area contributed by atoms with E-state index >= 15 is 0 Å². The highest BCUT2D eigenvalue weighted by atomic mass is 16.6. The van der Waals surface area contributed by atoms with E-state index in [1.165, 1.54) is 121 Å². The van der Waals surface area contributed by atoms with Gasteiger partial charge in [0.15, 0.2) is 12.4 Å². The molecular formula is C40H66O5. The van der Waals surface area contributed by atoms with Crippen LogP contribution in [0.15, 0.2) is 11.6 Å². The van der Waals surface area contributed by atoms with E-state index in [9.17, 15) is 14.4 Å². The lowest BCUT2D eigenvalue weighted by molar-refractivity contribution is -0.159. The standard InChI is InChI=1S/C40H66O5/c1-3-4-5-6-7-8-9-10-11-12-13-14-15-16-17-18-38(42)45-30-39(43)44-26-24-31-27-37-36-21-19-32-28-33(41)20-22-34(32)35(36)23-25-40(37,2)29-31/h28,31,34-37H,3-27,29-30H2,1-2H3/t31-,34-,35+,36+,37-,40+/m0/s1. The average molecular weight is 627 g/mol. The summed E-state index contributed by atoms with van der Waals surface area (Å²) in [6.07, 6.45) is 32.0. The van der Waals surface area contributed by atoms with Crippen LogP contribution in [0.25, 0.3) is 0 Å². The van der Waals surface area contributed by atoms with Gasteiger partial charge in [-0.25, -0.2) is 4.79 Å². The fourth-order valence-corrected chi connectivity index (χ4v) is 9.84. The van der Waals surface area contributed by atoms with Crippen molar-refractivity contribution in [3.05, 3.63) is 11.6 Å². The highest BCUT2D eigenvalue weighted by Crippen LogP contribution is 2.63. The van der Waals surface area contributed by atoms with Crippen molar-refractivity contribution in [2.24, 2.45) is 35.0 Å². The molecule has 0 aromatic carbocycles. The van der Waals surface area contributed by atoms with Crippen molar-refractivity contribution in [1.29, 1.82) is 0 Å². The molecule has 0 radical (unpaired) electrons. The lowest BCUT2D eigenvalue weighted by Gasteiger charge is -2.52. The molecule has 5 nitrogen and oxygen atoms in total. The molecule has 0 aliphatic heterocycles. The van der Waals surface area contributed by atoms with E-state index in [0.717, 1.165) is 56.3 Å². The number of esters is 2. The zero-order valence-electron chi connectivity index (χ0n) is 29.1. The first kappa shape index (κ1) is 36.2. The Hall–Kier alpha value is -1.65. The molecule has 0 bridgehead atoms. The molecule has 4 aliphatic carbocycles. The molecule has 0 heterocycles. The summed E-state index contributed by atoms with van der Waals surface area (Å²) in [4.78, 5) is 36.4. The molecule has 4 rings (SSSR count). The minimum atomic E-state index is -0.417. The fourth-order valence-electron chi connectivity index (χ4n) is 9.84. The number of fused-ring (bicyclic) bond motifs is 5. The van der Waals surface area contributed by atoms with Gasteiger partial charge in [-0.2, -0.15) is 0 Å². The Kier molecular flexibility index (Phi) is 15.5. The second kappa shape index (κ2) is 19.2. The zero-order chi connectivity index (χ0) is 31.9. The van der Waals surface area contributed by atoms with Gasteiger partial charge in [0.1, 0.15) is 0 Å². The molecular weight excluding hydrogens is 560 g/mol. The first-order valence-electron chi connectivity index (χ1n) is 19.4. The monoisotopic (exact) mass is 626 g/mol. The Balaban J connectivity index is 0.977. The molecule has 0 aromatic heterocycles. The Morgan fingerprint density at radius 1 is 0.778 bits per heavy atom. The molecule has 6 atom stereocenters. The second-order valence-corrected chi connectivity index (χ2v) is 15.7. The smallest absolute Gasteiger partial charge is 0.344 e. The van der Waals surface area contributed by atoms with Crippen LogP contribution < -0.4 is 0 Å². The molecule has 0 unspecified atom stereocenters. The van der Waals surface area contributed by atoms with Gasteiger partial charge >= 0.3 is 11.9 Å². The van der Waals surface area contributed by atoms with Crippen molar-refractivity contribution in [3.63, 3.8) is 0 Å². The van der Waals surface area contributed by atoms with Crippen molar-refractivity contribution in [2.75, 3.05) is 13.2 Å². The highest BCUT2D eigenvalue weighted by Gasteiger charge is 2.54. The Labute approximate surface area is 275 Å². The second-order valence-electron chi connectivity index (χ2n) is 15.7. The van der Waals surface area contributed by atoms with E-state index in [1.54, 1.807) is 0 Å². The number of allylic oxidation sites excluding steroid dienone is 1. The predicted molar refractivity (Wildman–Crippen MR) is 182 cm³/mol. The molecule has 45 heavy (non-hydrogen) atoms. The maximum atomic E-state index is 12.3. The van der Waals surface area contributed by atoms with Gasteiger partial charge in [-0.15, -0.1) is 0 Å². The van der Waals surface area contributed by atoms with Gasteiger partial charge in [0.05, 0.1) is 6.61 Å². The Morgan fingerprint density at radius 2 is 1.42 bits per heavy atom. The number of unbranched alkanes of at least 4 members (excludes halogenated alkanes) is 14. The number of rotatable bonds is 21. The van der Waals surface area contributed by atoms with Gasteiger partial charge in [-0.1, -0.05) is 109 Å². The quantitative estimate of drug-likeness (QED) is 0.0936. The Morgan fingerprint density at radius 3 is 2.09 bits per heavy atom. The summed E-state index contributed by atoms with van der Waals surface area (Å²) in [5.74, 6) is 3.20. The lowest BCUT2D eigenvalue weighted by Crippen LogP contribution is -2.44. The van der Waals surface area contributed by atoms with E-state index in [2.05, 4.69) is 13.8 Å². The molecule has 0 saturated heterocycles. The van der Waals surface area contributed by atoms with E-state index in [0.29, 0.717) is 36.1 Å². The highest BCUT2D eigenvalue weighted by molar-refractivity contribution is 5.91. The number of hydrogen-bond acceptors (Lipinski definition) is 5. The van der Waals surface area contributed by atoms with Crippen LogP contribution in [0.2, 0.25) is 0 Å². The van der Waals surface area contributed by atoms with Crippen LogP contribution in [0.3, 0.4) is 0 Å². The molecule has 3 saturated carbocycles. The summed E-state index contributed by atoms with van der Waals surface area (Å²) in [6.45, 7) is 4.95. The number of ether oxygens (including phenoxy) is 2. The first-order chi connectivity index (χ1) is 21.9. The molecule has 5 heteroatoms. The van der Waals surface area contributed by atoms with Crippen LogP contribution in [0.5, 0.6) is 0 Å². The third kappa shape index (κ3) is 11.5. The molecule has 0 spiro atoms. The van der Waals surface area contributed by atoms with Crippen molar-refractivity contribution < 1.29 is 23.9 Å². The minimum Gasteiger partial charge on any atom is -0.463 e. The van der Waals surface area contributed by atoms with E-state index in [4.69, 9.17) is 9.47 Å². The largest absolute Gasteiger partial charge is 0.463 e. The molecule has 256 valence electrons. The van der Waals surface area contributed by atoms with Crippen LogP contribution in [0.4, 0.5) is 0 Å². The van der Waals surface area contributed by atoms with Gasteiger partial charge in [0, 0.05) is 12.8 Å². The number of carbonyl (C=O) groups is 3. The SMILES string of the molecule is CCCCCCCCCCCCCCCCCC(=O)OCC(=O)OCC[C@H]1C[C@H]2[C@@H]3CCC4=CC(=O)CC[C@@H]4[C@H]3CC[C@]2(C)C1. The van der Waals surface area contributed by atoms with Crippen molar-refractivity contribution in [1.82, 2.24) is 0 Å². The van der Waals surface area contributed by atoms with Gasteiger partial charge in [-0.05, 0) is 98.9 Å². The van der Waals surface area contributed by atoms with Crippen LogP contribution in [0, 0.1) is 35.0 Å². The molecule has 4 aliphatic rings. The summed E-state index contributed by atoms with van der Waals surface area (Å²) in [7, 11) is 0. The summed E-state index contributed by atoms with van der Waals surface area (Å²) < 4.78 is 10.7. The predicted octanol–water partition coefficient (Wildman–Crippen LogP) is 10.5. The van der Waals surface area contributed by atoms with Crippen LogP contribution in [-0.2, 0) is 23.9 Å². The fraction of sp³-hybridized carbons (Fsp3) is 0.875. The molecule has 3 fully saturated rings. The average Bonchev–Trinajstić information content (AvgIpc) is 3.38. The number of ketones is 1.